The lowest BCUT2D eigenvalue weighted by atomic mass is 9.97. The molecule has 23 heavy (non-hydrogen) atoms. The third-order valence-electron chi connectivity index (χ3n) is 3.93. The first-order chi connectivity index (χ1) is 10.4. The van der Waals surface area contributed by atoms with Crippen LogP contribution in [0.3, 0.4) is 0 Å². The zero-order chi connectivity index (χ0) is 18.3. The molecule has 0 saturated carbocycles. The topological polar surface area (TPSA) is 35.5 Å². The number of ether oxygens (including phenoxy) is 1. The van der Waals surface area contributed by atoms with Gasteiger partial charge >= 0.3 is 5.97 Å². The van der Waals surface area contributed by atoms with Crippen molar-refractivity contribution in [2.45, 2.75) is 64.8 Å². The zero-order valence-electron chi connectivity index (χ0n) is 15.4. The van der Waals surface area contributed by atoms with Gasteiger partial charge in [-0.25, -0.2) is 4.79 Å². The van der Waals surface area contributed by atoms with E-state index in [0.29, 0.717) is 6.42 Å². The molecule has 0 fully saturated rings. The van der Waals surface area contributed by atoms with Crippen LogP contribution in [0.4, 0.5) is 0 Å². The molecule has 1 atom stereocenters. The highest BCUT2D eigenvalue weighted by atomic mass is 28.4. The van der Waals surface area contributed by atoms with Gasteiger partial charge in [0.1, 0.15) is 0 Å². The van der Waals surface area contributed by atoms with Crippen molar-refractivity contribution in [3.05, 3.63) is 17.9 Å². The molecule has 0 aromatic carbocycles. The van der Waals surface area contributed by atoms with Gasteiger partial charge in [-0.3, -0.25) is 0 Å². The van der Waals surface area contributed by atoms with E-state index >= 15 is 0 Å². The molecule has 0 amide bonds. The summed E-state index contributed by atoms with van der Waals surface area (Å²) >= 11 is 0. The second-order valence-electron chi connectivity index (χ2n) is 6.94. The molecule has 0 radical (unpaired) electrons. The van der Waals surface area contributed by atoms with Crippen LogP contribution in [-0.4, -0.2) is 26.5 Å². The van der Waals surface area contributed by atoms with E-state index in [9.17, 15) is 4.79 Å². The molecule has 0 bridgehead atoms. The number of carbonyl (C=O) groups excluding carboxylic acids is 1. The van der Waals surface area contributed by atoms with Crippen LogP contribution < -0.4 is 0 Å². The molecule has 0 aliphatic heterocycles. The molecule has 0 aliphatic rings. The SMILES string of the molecule is C#CC(C#CC(=O)OCC)(CC(C)=C=C)O[Si](C)(C)C(C)(C)C. The Bertz CT molecular complexity index is 587. The lowest BCUT2D eigenvalue weighted by molar-refractivity contribution is -0.136. The summed E-state index contributed by atoms with van der Waals surface area (Å²) in [5.41, 5.74) is 2.47. The number of hydrogen-bond acceptors (Lipinski definition) is 3. The number of hydrogen-bond donors (Lipinski definition) is 0. The molecule has 0 saturated heterocycles. The van der Waals surface area contributed by atoms with Crippen molar-refractivity contribution >= 4 is 14.3 Å². The summed E-state index contributed by atoms with van der Waals surface area (Å²) in [5, 5.41) is -0.0352. The molecule has 0 N–H and O–H groups in total. The summed E-state index contributed by atoms with van der Waals surface area (Å²) in [6, 6.07) is 0. The molecule has 4 heteroatoms. The molecule has 0 heterocycles. The van der Waals surface area contributed by atoms with Gasteiger partial charge < -0.3 is 9.16 Å². The zero-order valence-corrected chi connectivity index (χ0v) is 16.4. The Hall–Kier alpha value is -1.71. The maximum Gasteiger partial charge on any atom is 0.384 e. The fourth-order valence-corrected chi connectivity index (χ4v) is 2.93. The molecule has 0 aliphatic carbocycles. The van der Waals surface area contributed by atoms with E-state index < -0.39 is 19.9 Å². The van der Waals surface area contributed by atoms with E-state index in [1.165, 1.54) is 0 Å². The third-order valence-corrected chi connectivity index (χ3v) is 8.40. The third kappa shape index (κ3) is 6.51. The van der Waals surface area contributed by atoms with Crippen molar-refractivity contribution in [2.24, 2.45) is 0 Å². The van der Waals surface area contributed by atoms with Gasteiger partial charge in [0.2, 0.25) is 0 Å². The van der Waals surface area contributed by atoms with Crippen molar-refractivity contribution in [2.75, 3.05) is 6.61 Å². The van der Waals surface area contributed by atoms with Gasteiger partial charge in [0.25, 0.3) is 0 Å². The summed E-state index contributed by atoms with van der Waals surface area (Å²) in [5.74, 6) is 7.33. The minimum atomic E-state index is -2.19. The van der Waals surface area contributed by atoms with Crippen molar-refractivity contribution in [1.29, 1.82) is 0 Å². The fraction of sp³-hybridized carbons (Fsp3) is 0.579. The van der Waals surface area contributed by atoms with Crippen LogP contribution in [0.25, 0.3) is 0 Å². The maximum absolute atomic E-state index is 11.6. The van der Waals surface area contributed by atoms with Gasteiger partial charge in [-0.15, -0.1) is 12.2 Å². The lowest BCUT2D eigenvalue weighted by Crippen LogP contribution is -2.49. The highest BCUT2D eigenvalue weighted by Crippen LogP contribution is 2.40. The Morgan fingerprint density at radius 3 is 2.26 bits per heavy atom. The minimum absolute atomic E-state index is 0.0352. The van der Waals surface area contributed by atoms with Crippen molar-refractivity contribution < 1.29 is 14.0 Å². The molecular formula is C19H28O3Si. The molecule has 0 rings (SSSR count). The highest BCUT2D eigenvalue weighted by Gasteiger charge is 2.44. The molecule has 0 spiro atoms. The van der Waals surface area contributed by atoms with Crippen LogP contribution >= 0.6 is 0 Å². The average Bonchev–Trinajstić information content (AvgIpc) is 2.43. The first-order valence-corrected chi connectivity index (χ1v) is 10.6. The largest absolute Gasteiger partial charge is 0.456 e. The summed E-state index contributed by atoms with van der Waals surface area (Å²) in [4.78, 5) is 11.6. The summed E-state index contributed by atoms with van der Waals surface area (Å²) in [6.07, 6.45) is 6.11. The predicted octanol–water partition coefficient (Wildman–Crippen LogP) is 4.07. The van der Waals surface area contributed by atoms with Gasteiger partial charge in [-0.1, -0.05) is 33.3 Å². The molecule has 1 unspecified atom stereocenters. The summed E-state index contributed by atoms with van der Waals surface area (Å²) in [7, 11) is -2.19. The second kappa shape index (κ2) is 8.23. The molecule has 0 aromatic rings. The van der Waals surface area contributed by atoms with Crippen LogP contribution in [0.15, 0.2) is 17.9 Å². The standard InChI is InChI=1S/C19H28O3Si/c1-10-16(4)15-19(11-2,14-13-17(20)21-12-3)22-23(8,9)18(5,6)7/h2H,1,12,15H2,3-9H3. The van der Waals surface area contributed by atoms with E-state index in [0.717, 1.165) is 5.57 Å². The maximum atomic E-state index is 11.6. The Kier molecular flexibility index (Phi) is 7.61. The van der Waals surface area contributed by atoms with Gasteiger partial charge in [0.15, 0.2) is 13.9 Å². The number of rotatable bonds is 5. The van der Waals surface area contributed by atoms with Gasteiger partial charge in [-0.2, -0.15) is 0 Å². The normalized spacial score (nSPS) is 13.7. The van der Waals surface area contributed by atoms with Crippen LogP contribution in [-0.2, 0) is 14.0 Å². The Labute approximate surface area is 142 Å². The van der Waals surface area contributed by atoms with Gasteiger partial charge in [-0.05, 0) is 43.5 Å². The second-order valence-corrected chi connectivity index (χ2v) is 11.7. The fourth-order valence-electron chi connectivity index (χ4n) is 1.57. The minimum Gasteiger partial charge on any atom is -0.456 e. The van der Waals surface area contributed by atoms with Crippen LogP contribution in [0.5, 0.6) is 0 Å². The van der Waals surface area contributed by atoms with E-state index in [-0.39, 0.29) is 11.6 Å². The average molecular weight is 333 g/mol. The summed E-state index contributed by atoms with van der Waals surface area (Å²) in [6.45, 7) is 18.0. The van der Waals surface area contributed by atoms with Crippen LogP contribution in [0, 0.1) is 24.2 Å². The van der Waals surface area contributed by atoms with Crippen LogP contribution in [0.2, 0.25) is 18.1 Å². The smallest absolute Gasteiger partial charge is 0.384 e. The van der Waals surface area contributed by atoms with E-state index in [1.54, 1.807) is 6.92 Å². The van der Waals surface area contributed by atoms with Gasteiger partial charge in [0.05, 0.1) is 6.61 Å². The van der Waals surface area contributed by atoms with E-state index in [4.69, 9.17) is 15.6 Å². The summed E-state index contributed by atoms with van der Waals surface area (Å²) < 4.78 is 11.2. The van der Waals surface area contributed by atoms with Gasteiger partial charge in [0, 0.05) is 12.3 Å². The molecule has 3 nitrogen and oxygen atoms in total. The Morgan fingerprint density at radius 2 is 1.87 bits per heavy atom. The number of carbonyl (C=O) groups is 1. The van der Waals surface area contributed by atoms with E-state index in [2.05, 4.69) is 63.9 Å². The quantitative estimate of drug-likeness (QED) is 0.250. The lowest BCUT2D eigenvalue weighted by Gasteiger charge is -2.41. The van der Waals surface area contributed by atoms with Crippen molar-refractivity contribution in [3.8, 4) is 24.2 Å². The van der Waals surface area contributed by atoms with Crippen molar-refractivity contribution in [1.82, 2.24) is 0 Å². The van der Waals surface area contributed by atoms with Crippen LogP contribution in [0.1, 0.15) is 41.0 Å². The van der Waals surface area contributed by atoms with Crippen molar-refractivity contribution in [3.63, 3.8) is 0 Å². The molecular weight excluding hydrogens is 304 g/mol. The van der Waals surface area contributed by atoms with E-state index in [1.807, 2.05) is 6.92 Å². The number of terminal acetylenes is 1. The first kappa shape index (κ1) is 21.3. The molecule has 126 valence electrons. The highest BCUT2D eigenvalue weighted by molar-refractivity contribution is 6.74. The first-order valence-electron chi connectivity index (χ1n) is 7.66. The Morgan fingerprint density at radius 1 is 1.30 bits per heavy atom. The monoisotopic (exact) mass is 332 g/mol. The number of esters is 1. The molecule has 0 aromatic heterocycles. The predicted molar refractivity (Wildman–Crippen MR) is 97.2 cm³/mol. The Balaban J connectivity index is 5.85.